The van der Waals surface area contributed by atoms with E-state index in [-0.39, 0.29) is 5.38 Å². The summed E-state index contributed by atoms with van der Waals surface area (Å²) in [6, 6.07) is 11.5. The molecule has 0 N–H and O–H groups in total. The molecule has 0 nitrogen and oxygen atoms in total. The average Bonchev–Trinajstić information content (AvgIpc) is 2.35. The predicted molar refractivity (Wildman–Crippen MR) is 83.0 cm³/mol. The number of hydrogen-bond donors (Lipinski definition) is 0. The van der Waals surface area contributed by atoms with Crippen molar-refractivity contribution >= 4 is 50.7 Å². The van der Waals surface area contributed by atoms with Crippen molar-refractivity contribution in [1.29, 1.82) is 0 Å². The summed E-state index contributed by atoms with van der Waals surface area (Å²) in [5, 5.41) is 0.830. The monoisotopic (exact) mass is 362 g/mol. The molecule has 1 atom stereocenters. The summed E-state index contributed by atoms with van der Waals surface area (Å²) in [5.74, 6) is 0. The lowest BCUT2D eigenvalue weighted by Gasteiger charge is -2.12. The highest BCUT2D eigenvalue weighted by molar-refractivity contribution is 9.10. The molecule has 0 aliphatic carbocycles. The lowest BCUT2D eigenvalue weighted by molar-refractivity contribution is 1.13. The van der Waals surface area contributed by atoms with Crippen LogP contribution in [0.15, 0.2) is 40.9 Å². The molecule has 2 aromatic rings. The Hall–Kier alpha value is -0.210. The predicted octanol–water partition coefficient (Wildman–Crippen LogP) is 6.39. The zero-order valence-corrected chi connectivity index (χ0v) is 13.4. The first-order chi connectivity index (χ1) is 8.49. The molecular weight excluding hydrogens is 354 g/mol. The number of alkyl halides is 1. The maximum atomic E-state index is 6.46. The van der Waals surface area contributed by atoms with Gasteiger partial charge in [0.15, 0.2) is 0 Å². The first-order valence-electron chi connectivity index (χ1n) is 5.34. The number of hydrogen-bond acceptors (Lipinski definition) is 0. The van der Waals surface area contributed by atoms with Gasteiger partial charge in [-0.1, -0.05) is 57.3 Å². The summed E-state index contributed by atoms with van der Waals surface area (Å²) < 4.78 is 1.07. The van der Waals surface area contributed by atoms with Gasteiger partial charge in [-0.2, -0.15) is 0 Å². The van der Waals surface area contributed by atoms with Crippen LogP contribution < -0.4 is 0 Å². The number of aryl methyl sites for hydroxylation is 1. The third-order valence-corrected chi connectivity index (χ3v) is 4.84. The van der Waals surface area contributed by atoms with E-state index < -0.39 is 0 Å². The van der Waals surface area contributed by atoms with Crippen LogP contribution in [-0.2, 0) is 0 Å². The highest BCUT2D eigenvalue weighted by Crippen LogP contribution is 2.34. The lowest BCUT2D eigenvalue weighted by atomic mass is 10.0. The van der Waals surface area contributed by atoms with E-state index in [0.717, 1.165) is 21.2 Å². The molecule has 1 unspecified atom stereocenters. The van der Waals surface area contributed by atoms with Gasteiger partial charge < -0.3 is 0 Å². The van der Waals surface area contributed by atoms with E-state index in [4.69, 9.17) is 34.8 Å². The molecule has 94 valence electrons. The number of halogens is 4. The van der Waals surface area contributed by atoms with Crippen LogP contribution in [0.3, 0.4) is 0 Å². The van der Waals surface area contributed by atoms with E-state index in [1.54, 1.807) is 12.1 Å². The van der Waals surface area contributed by atoms with Crippen LogP contribution in [0.25, 0.3) is 0 Å². The maximum absolute atomic E-state index is 6.46. The minimum absolute atomic E-state index is 0.230. The Morgan fingerprint density at radius 1 is 0.944 bits per heavy atom. The van der Waals surface area contributed by atoms with E-state index in [1.807, 2.05) is 25.1 Å². The van der Waals surface area contributed by atoms with Gasteiger partial charge in [-0.3, -0.25) is 0 Å². The van der Waals surface area contributed by atoms with Crippen molar-refractivity contribution < 1.29 is 0 Å². The molecule has 0 bridgehead atoms. The van der Waals surface area contributed by atoms with Gasteiger partial charge in [-0.15, -0.1) is 11.6 Å². The van der Waals surface area contributed by atoms with Crippen LogP contribution in [-0.4, -0.2) is 0 Å². The van der Waals surface area contributed by atoms with Crippen molar-refractivity contribution in [2.24, 2.45) is 0 Å². The van der Waals surface area contributed by atoms with Crippen molar-refractivity contribution in [1.82, 2.24) is 0 Å². The molecule has 0 spiro atoms. The molecule has 0 aromatic heterocycles. The first kappa shape index (κ1) is 14.2. The molecule has 0 saturated carbocycles. The third kappa shape index (κ3) is 3.03. The van der Waals surface area contributed by atoms with Crippen molar-refractivity contribution in [3.63, 3.8) is 0 Å². The number of rotatable bonds is 2. The topological polar surface area (TPSA) is 0 Å². The Bertz CT molecular complexity index is 530. The van der Waals surface area contributed by atoms with E-state index in [1.165, 1.54) is 0 Å². The molecular formula is C14H10BrCl3. The Balaban J connectivity index is 2.37. The fraction of sp³-hybridized carbons (Fsp3) is 0.143. The van der Waals surface area contributed by atoms with Gasteiger partial charge in [-0.25, -0.2) is 0 Å². The summed E-state index contributed by atoms with van der Waals surface area (Å²) in [4.78, 5) is 0. The van der Waals surface area contributed by atoms with Gasteiger partial charge in [0.2, 0.25) is 0 Å². The summed E-state index contributed by atoms with van der Waals surface area (Å²) in [6.07, 6.45) is 0. The normalized spacial score (nSPS) is 12.5. The molecule has 2 aromatic carbocycles. The summed E-state index contributed by atoms with van der Waals surface area (Å²) in [5.41, 5.74) is 3.13. The Labute approximate surface area is 130 Å². The van der Waals surface area contributed by atoms with E-state index in [2.05, 4.69) is 22.0 Å². The van der Waals surface area contributed by atoms with Crippen molar-refractivity contribution in [2.75, 3.05) is 0 Å². The molecule has 0 heterocycles. The molecule has 18 heavy (non-hydrogen) atoms. The van der Waals surface area contributed by atoms with Crippen molar-refractivity contribution in [3.05, 3.63) is 67.6 Å². The smallest absolute Gasteiger partial charge is 0.0836 e. The van der Waals surface area contributed by atoms with Gasteiger partial charge in [0, 0.05) is 4.47 Å². The summed E-state index contributed by atoms with van der Waals surface area (Å²) >= 11 is 21.8. The zero-order chi connectivity index (χ0) is 13.3. The van der Waals surface area contributed by atoms with Crippen LogP contribution in [0.4, 0.5) is 0 Å². The van der Waals surface area contributed by atoms with Crippen LogP contribution in [0, 0.1) is 6.92 Å². The largest absolute Gasteiger partial charge is 0.113 e. The van der Waals surface area contributed by atoms with Crippen LogP contribution >= 0.6 is 50.7 Å². The van der Waals surface area contributed by atoms with Crippen molar-refractivity contribution in [3.8, 4) is 0 Å². The first-order valence-corrected chi connectivity index (χ1v) is 7.32. The van der Waals surface area contributed by atoms with Crippen molar-refractivity contribution in [2.45, 2.75) is 12.3 Å². The Kier molecular flexibility index (Phi) is 4.60. The quantitative estimate of drug-likeness (QED) is 0.541. The molecule has 0 fully saturated rings. The summed E-state index contributed by atoms with van der Waals surface area (Å²) in [7, 11) is 0. The zero-order valence-electron chi connectivity index (χ0n) is 9.55. The fourth-order valence-electron chi connectivity index (χ4n) is 1.69. The van der Waals surface area contributed by atoms with Gasteiger partial charge in [-0.05, 0) is 41.8 Å². The molecule has 0 aliphatic rings. The Morgan fingerprint density at radius 2 is 1.56 bits per heavy atom. The van der Waals surface area contributed by atoms with E-state index in [0.29, 0.717) is 10.0 Å². The Morgan fingerprint density at radius 3 is 2.17 bits per heavy atom. The summed E-state index contributed by atoms with van der Waals surface area (Å²) in [6.45, 7) is 2.03. The molecule has 0 radical (unpaired) electrons. The molecule has 0 aliphatic heterocycles. The minimum Gasteiger partial charge on any atom is -0.113 e. The van der Waals surface area contributed by atoms with Gasteiger partial charge in [0.1, 0.15) is 0 Å². The van der Waals surface area contributed by atoms with Crippen LogP contribution in [0.2, 0.25) is 10.0 Å². The molecule has 4 heteroatoms. The standard InChI is InChI=1S/C14H10BrCl3/c1-8-6-9(2-4-11(8)15)14(18)10-3-5-12(16)13(17)7-10/h2-7,14H,1H3. The third-order valence-electron chi connectivity index (χ3n) is 2.71. The molecule has 2 rings (SSSR count). The van der Waals surface area contributed by atoms with Gasteiger partial charge in [0.25, 0.3) is 0 Å². The highest BCUT2D eigenvalue weighted by atomic mass is 79.9. The molecule has 0 saturated heterocycles. The average molecular weight is 364 g/mol. The minimum atomic E-state index is -0.230. The van der Waals surface area contributed by atoms with E-state index >= 15 is 0 Å². The van der Waals surface area contributed by atoms with Crippen LogP contribution in [0.5, 0.6) is 0 Å². The SMILES string of the molecule is Cc1cc(C(Cl)c2ccc(Cl)c(Cl)c2)ccc1Br. The lowest BCUT2D eigenvalue weighted by Crippen LogP contribution is -1.94. The van der Waals surface area contributed by atoms with E-state index in [9.17, 15) is 0 Å². The second-order valence-corrected chi connectivity index (χ2v) is 6.15. The molecule has 0 amide bonds. The van der Waals surface area contributed by atoms with Gasteiger partial charge in [0.05, 0.1) is 15.4 Å². The highest BCUT2D eigenvalue weighted by Gasteiger charge is 2.13. The maximum Gasteiger partial charge on any atom is 0.0836 e. The van der Waals surface area contributed by atoms with Crippen LogP contribution in [0.1, 0.15) is 22.1 Å². The second kappa shape index (κ2) is 5.83. The number of benzene rings is 2. The second-order valence-electron chi connectivity index (χ2n) is 4.04. The van der Waals surface area contributed by atoms with Gasteiger partial charge >= 0.3 is 0 Å². The fourth-order valence-corrected chi connectivity index (χ4v) is 2.51.